The van der Waals surface area contributed by atoms with E-state index >= 15 is 0 Å². The largest absolute Gasteiger partial charge is 0.573 e. The highest BCUT2D eigenvalue weighted by atomic mass is 35.5. The van der Waals surface area contributed by atoms with Crippen molar-refractivity contribution in [2.75, 3.05) is 18.4 Å². The maximum Gasteiger partial charge on any atom is 0.573 e. The molecule has 30 heavy (non-hydrogen) atoms. The quantitative estimate of drug-likeness (QED) is 0.683. The lowest BCUT2D eigenvalue weighted by Crippen LogP contribution is -2.41. The zero-order valence-corrected chi connectivity index (χ0v) is 17.0. The number of para-hydroxylation sites is 2. The molecule has 1 aliphatic rings. The van der Waals surface area contributed by atoms with Crippen LogP contribution in [0.4, 0.5) is 18.9 Å². The number of carbonyl (C=O) groups is 1. The van der Waals surface area contributed by atoms with Gasteiger partial charge in [0.2, 0.25) is 15.9 Å². The van der Waals surface area contributed by atoms with Crippen molar-refractivity contribution in [1.29, 1.82) is 0 Å². The first-order valence-corrected chi connectivity index (χ1v) is 10.7. The average molecular weight is 464 g/mol. The number of carbonyl (C=O) groups excluding carboxylic acids is 1. The summed E-state index contributed by atoms with van der Waals surface area (Å²) >= 11 is 5.88. The summed E-state index contributed by atoms with van der Waals surface area (Å²) in [6.45, 7) is 0.124. The second-order valence-electron chi connectivity index (χ2n) is 6.50. The zero-order valence-electron chi connectivity index (χ0n) is 15.4. The van der Waals surface area contributed by atoms with Crippen LogP contribution < -0.4 is 10.1 Å². The molecule has 1 amide bonds. The number of anilines is 1. The fourth-order valence-corrected chi connectivity index (χ4v) is 4.98. The van der Waals surface area contributed by atoms with Gasteiger partial charge < -0.3 is 10.1 Å². The molecule has 1 aromatic carbocycles. The molecule has 1 saturated heterocycles. The van der Waals surface area contributed by atoms with E-state index < -0.39 is 34.0 Å². The number of ether oxygens (including phenoxy) is 1. The maximum absolute atomic E-state index is 12.7. The lowest BCUT2D eigenvalue weighted by Gasteiger charge is -2.30. The number of amides is 1. The normalized spacial score (nSPS) is 16.3. The number of piperidine rings is 1. The molecule has 3 rings (SSSR count). The van der Waals surface area contributed by atoms with Gasteiger partial charge >= 0.3 is 6.36 Å². The van der Waals surface area contributed by atoms with Gasteiger partial charge in [-0.1, -0.05) is 23.7 Å². The molecule has 1 N–H and O–H groups in total. The Labute approximate surface area is 175 Å². The minimum Gasteiger partial charge on any atom is -0.404 e. The molecule has 162 valence electrons. The molecule has 1 aromatic heterocycles. The Kier molecular flexibility index (Phi) is 6.53. The molecule has 0 atom stereocenters. The number of nitrogens with zero attached hydrogens (tertiary/aromatic N) is 2. The monoisotopic (exact) mass is 463 g/mol. The molecule has 0 saturated carbocycles. The SMILES string of the molecule is O=C(Nc1ccccc1OC(F)(F)F)C1CCN(S(=O)(=O)c2cccnc2Cl)CC1. The molecule has 0 aliphatic carbocycles. The van der Waals surface area contributed by atoms with E-state index in [0.717, 1.165) is 6.07 Å². The number of halogens is 4. The van der Waals surface area contributed by atoms with Crippen LogP contribution in [0.3, 0.4) is 0 Å². The molecule has 0 radical (unpaired) electrons. The number of hydrogen-bond acceptors (Lipinski definition) is 5. The Balaban J connectivity index is 1.65. The molecular weight excluding hydrogens is 447 g/mol. The van der Waals surface area contributed by atoms with Gasteiger partial charge in [0.15, 0.2) is 5.75 Å². The van der Waals surface area contributed by atoms with Crippen LogP contribution in [0.25, 0.3) is 0 Å². The Morgan fingerprint density at radius 2 is 1.83 bits per heavy atom. The predicted molar refractivity (Wildman–Crippen MR) is 102 cm³/mol. The average Bonchev–Trinajstić information content (AvgIpc) is 2.68. The number of pyridine rings is 1. The van der Waals surface area contributed by atoms with Crippen molar-refractivity contribution in [3.63, 3.8) is 0 Å². The zero-order chi connectivity index (χ0) is 21.9. The van der Waals surface area contributed by atoms with E-state index in [0.29, 0.717) is 0 Å². The van der Waals surface area contributed by atoms with Gasteiger partial charge in [-0.2, -0.15) is 4.31 Å². The van der Waals surface area contributed by atoms with Crippen molar-refractivity contribution in [3.8, 4) is 5.75 Å². The molecular formula is C18H17ClF3N3O4S. The fraction of sp³-hybridized carbons (Fsp3) is 0.333. The number of alkyl halides is 3. The first-order chi connectivity index (χ1) is 14.1. The van der Waals surface area contributed by atoms with Gasteiger partial charge in [-0.25, -0.2) is 13.4 Å². The number of hydrogen-bond donors (Lipinski definition) is 1. The van der Waals surface area contributed by atoms with Crippen molar-refractivity contribution >= 4 is 33.2 Å². The summed E-state index contributed by atoms with van der Waals surface area (Å²) in [5.74, 6) is -1.60. The number of sulfonamides is 1. The van der Waals surface area contributed by atoms with Crippen LogP contribution in [-0.4, -0.2) is 43.1 Å². The molecule has 2 heterocycles. The minimum atomic E-state index is -4.89. The lowest BCUT2D eigenvalue weighted by molar-refractivity contribution is -0.274. The second kappa shape index (κ2) is 8.78. The van der Waals surface area contributed by atoms with E-state index in [9.17, 15) is 26.4 Å². The van der Waals surface area contributed by atoms with Crippen LogP contribution >= 0.6 is 11.6 Å². The van der Waals surface area contributed by atoms with Crippen molar-refractivity contribution in [3.05, 3.63) is 47.7 Å². The van der Waals surface area contributed by atoms with Crippen molar-refractivity contribution in [1.82, 2.24) is 9.29 Å². The maximum atomic E-state index is 12.7. The van der Waals surface area contributed by atoms with Gasteiger partial charge in [-0.15, -0.1) is 13.2 Å². The highest BCUT2D eigenvalue weighted by Gasteiger charge is 2.35. The molecule has 2 aromatic rings. The summed E-state index contributed by atoms with van der Waals surface area (Å²) in [5.41, 5.74) is -0.114. The standard InChI is InChI=1S/C18H17ClF3N3O4S/c19-16-15(6-3-9-23-16)30(27,28)25-10-7-12(8-11-25)17(26)24-13-4-1-2-5-14(13)29-18(20,21)22/h1-6,9,12H,7-8,10-11H2,(H,24,26). The molecule has 0 unspecified atom stereocenters. The molecule has 1 aliphatic heterocycles. The highest BCUT2D eigenvalue weighted by Crippen LogP contribution is 2.32. The van der Waals surface area contributed by atoms with E-state index in [1.165, 1.54) is 40.8 Å². The molecule has 0 spiro atoms. The van der Waals surface area contributed by atoms with E-state index in [2.05, 4.69) is 15.0 Å². The Bertz CT molecular complexity index is 1030. The van der Waals surface area contributed by atoms with Gasteiger partial charge in [0.25, 0.3) is 0 Å². The molecule has 12 heteroatoms. The van der Waals surface area contributed by atoms with E-state index in [1.807, 2.05) is 0 Å². The van der Waals surface area contributed by atoms with Crippen LogP contribution in [0.1, 0.15) is 12.8 Å². The van der Waals surface area contributed by atoms with Crippen molar-refractivity contribution in [2.24, 2.45) is 5.92 Å². The van der Waals surface area contributed by atoms with Crippen LogP contribution in [0.15, 0.2) is 47.5 Å². The van der Waals surface area contributed by atoms with E-state index in [-0.39, 0.29) is 41.7 Å². The Morgan fingerprint density at radius 1 is 1.17 bits per heavy atom. The summed E-state index contributed by atoms with van der Waals surface area (Å²) in [6, 6.07) is 8.01. The summed E-state index contributed by atoms with van der Waals surface area (Å²) < 4.78 is 68.2. The fourth-order valence-electron chi connectivity index (χ4n) is 3.08. The van der Waals surface area contributed by atoms with Crippen molar-refractivity contribution in [2.45, 2.75) is 24.1 Å². The summed E-state index contributed by atoms with van der Waals surface area (Å²) in [5, 5.41) is 2.29. The van der Waals surface area contributed by atoms with Gasteiger partial charge in [0.05, 0.1) is 5.69 Å². The van der Waals surface area contributed by atoms with Gasteiger partial charge in [0, 0.05) is 25.2 Å². The number of nitrogens with one attached hydrogen (secondary N) is 1. The second-order valence-corrected chi connectivity index (χ2v) is 8.77. The summed E-state index contributed by atoms with van der Waals surface area (Å²) in [7, 11) is -3.87. The van der Waals surface area contributed by atoms with Gasteiger partial charge in [-0.05, 0) is 37.1 Å². The highest BCUT2D eigenvalue weighted by molar-refractivity contribution is 7.89. The Morgan fingerprint density at radius 3 is 2.47 bits per heavy atom. The lowest BCUT2D eigenvalue weighted by atomic mass is 9.97. The van der Waals surface area contributed by atoms with Crippen LogP contribution in [0.2, 0.25) is 5.15 Å². The van der Waals surface area contributed by atoms with Crippen LogP contribution in [0.5, 0.6) is 5.75 Å². The molecule has 1 fully saturated rings. The Hall–Kier alpha value is -2.37. The third-order valence-corrected chi connectivity index (χ3v) is 6.88. The smallest absolute Gasteiger partial charge is 0.404 e. The third kappa shape index (κ3) is 5.21. The van der Waals surface area contributed by atoms with Gasteiger partial charge in [-0.3, -0.25) is 4.79 Å². The number of rotatable bonds is 5. The van der Waals surface area contributed by atoms with Gasteiger partial charge in [0.1, 0.15) is 10.0 Å². The summed E-state index contributed by atoms with van der Waals surface area (Å²) in [4.78, 5) is 16.2. The van der Waals surface area contributed by atoms with Crippen molar-refractivity contribution < 1.29 is 31.1 Å². The third-order valence-electron chi connectivity index (χ3n) is 4.54. The molecule has 7 nitrogen and oxygen atoms in total. The topological polar surface area (TPSA) is 88.6 Å². The minimum absolute atomic E-state index is 0.0618. The predicted octanol–water partition coefficient (Wildman–Crippen LogP) is 3.67. The first kappa shape index (κ1) is 22.3. The molecule has 0 bridgehead atoms. The van der Waals surface area contributed by atoms with E-state index in [1.54, 1.807) is 0 Å². The van der Waals surface area contributed by atoms with Crippen LogP contribution in [-0.2, 0) is 14.8 Å². The number of benzene rings is 1. The number of aromatic nitrogens is 1. The summed E-state index contributed by atoms with van der Waals surface area (Å²) in [6.07, 6.45) is -3.12. The first-order valence-electron chi connectivity index (χ1n) is 8.84. The van der Waals surface area contributed by atoms with E-state index in [4.69, 9.17) is 11.6 Å². The van der Waals surface area contributed by atoms with Crippen LogP contribution in [0, 0.1) is 5.92 Å².